The van der Waals surface area contributed by atoms with Gasteiger partial charge in [0.1, 0.15) is 0 Å². The highest BCUT2D eigenvalue weighted by molar-refractivity contribution is 5.78. The smallest absolute Gasteiger partial charge is 0.305 e. The number of carboxylic acid groups (broad SMARTS) is 1. The maximum atomic E-state index is 12.1. The summed E-state index contributed by atoms with van der Waals surface area (Å²) in [7, 11) is 0. The summed E-state index contributed by atoms with van der Waals surface area (Å²) in [6.45, 7) is 0. The minimum Gasteiger partial charge on any atom is -0.481 e. The van der Waals surface area contributed by atoms with Crippen LogP contribution in [0.4, 0.5) is 0 Å². The minimum absolute atomic E-state index is 0.0162. The van der Waals surface area contributed by atoms with E-state index in [-0.39, 0.29) is 12.3 Å². The fraction of sp³-hybridized carbons (Fsp3) is 0.562. The van der Waals surface area contributed by atoms with Crippen LogP contribution in [0.5, 0.6) is 0 Å². The first kappa shape index (κ1) is 15.5. The highest BCUT2D eigenvalue weighted by atomic mass is 16.4. The van der Waals surface area contributed by atoms with Gasteiger partial charge in [-0.3, -0.25) is 14.6 Å². The Morgan fingerprint density at radius 3 is 2.62 bits per heavy atom. The Labute approximate surface area is 124 Å². The van der Waals surface area contributed by atoms with Crippen molar-refractivity contribution in [3.8, 4) is 0 Å². The monoisotopic (exact) mass is 290 g/mol. The number of pyridine rings is 1. The zero-order chi connectivity index (χ0) is 15.1. The predicted octanol–water partition coefficient (Wildman–Crippen LogP) is 2.31. The summed E-state index contributed by atoms with van der Waals surface area (Å²) >= 11 is 0. The van der Waals surface area contributed by atoms with Crippen molar-refractivity contribution < 1.29 is 14.7 Å². The van der Waals surface area contributed by atoms with E-state index in [9.17, 15) is 9.59 Å². The van der Waals surface area contributed by atoms with Crippen molar-refractivity contribution >= 4 is 11.9 Å². The van der Waals surface area contributed by atoms with Crippen LogP contribution in [-0.2, 0) is 16.0 Å². The number of carboxylic acids is 1. The van der Waals surface area contributed by atoms with Crippen LogP contribution < -0.4 is 5.32 Å². The molecule has 1 saturated carbocycles. The molecule has 5 heteroatoms. The van der Waals surface area contributed by atoms with Crippen LogP contribution in [-0.4, -0.2) is 27.5 Å². The summed E-state index contributed by atoms with van der Waals surface area (Å²) in [5.41, 5.74) is 0.328. The number of carbonyl (C=O) groups excluding carboxylic acids is 1. The molecule has 1 aliphatic carbocycles. The first-order chi connectivity index (χ1) is 10.1. The molecule has 0 bridgehead atoms. The van der Waals surface area contributed by atoms with Gasteiger partial charge in [-0.05, 0) is 31.4 Å². The molecule has 1 amide bonds. The number of carbonyl (C=O) groups is 2. The summed E-state index contributed by atoms with van der Waals surface area (Å²) in [6, 6.07) is 5.63. The van der Waals surface area contributed by atoms with Crippen molar-refractivity contribution in [1.29, 1.82) is 0 Å². The van der Waals surface area contributed by atoms with Gasteiger partial charge in [-0.15, -0.1) is 0 Å². The van der Waals surface area contributed by atoms with Crippen molar-refractivity contribution in [3.63, 3.8) is 0 Å². The van der Waals surface area contributed by atoms with Crippen molar-refractivity contribution in [2.75, 3.05) is 0 Å². The molecule has 0 unspecified atom stereocenters. The van der Waals surface area contributed by atoms with Gasteiger partial charge in [-0.1, -0.05) is 25.3 Å². The maximum Gasteiger partial charge on any atom is 0.305 e. The van der Waals surface area contributed by atoms with E-state index in [4.69, 9.17) is 5.11 Å². The topological polar surface area (TPSA) is 79.3 Å². The number of nitrogens with zero attached hydrogens (tertiary/aromatic N) is 1. The molecule has 1 heterocycles. The Hall–Kier alpha value is -1.91. The number of nitrogens with one attached hydrogen (secondary N) is 1. The molecule has 0 radical (unpaired) electrons. The highest BCUT2D eigenvalue weighted by Gasteiger charge is 2.35. The van der Waals surface area contributed by atoms with Crippen molar-refractivity contribution in [2.24, 2.45) is 0 Å². The lowest BCUT2D eigenvalue weighted by molar-refractivity contribution is -0.139. The van der Waals surface area contributed by atoms with E-state index in [1.54, 1.807) is 6.20 Å². The summed E-state index contributed by atoms with van der Waals surface area (Å²) in [6.07, 6.45) is 7.24. The third-order valence-corrected chi connectivity index (χ3v) is 4.04. The number of aryl methyl sites for hydroxylation is 1. The van der Waals surface area contributed by atoms with Crippen molar-refractivity contribution in [3.05, 3.63) is 30.1 Å². The largest absolute Gasteiger partial charge is 0.481 e. The van der Waals surface area contributed by atoms with Crippen LogP contribution in [0.3, 0.4) is 0 Å². The SMILES string of the molecule is O=C(O)CC1(NC(=O)CCc2ccccn2)CCCCC1. The molecule has 1 fully saturated rings. The molecule has 1 aromatic rings. The normalized spacial score (nSPS) is 17.1. The van der Waals surface area contributed by atoms with Gasteiger partial charge in [-0.2, -0.15) is 0 Å². The summed E-state index contributed by atoms with van der Waals surface area (Å²) < 4.78 is 0. The molecule has 21 heavy (non-hydrogen) atoms. The van der Waals surface area contributed by atoms with E-state index in [1.807, 2.05) is 18.2 Å². The number of rotatable bonds is 6. The summed E-state index contributed by atoms with van der Waals surface area (Å²) in [4.78, 5) is 27.4. The van der Waals surface area contributed by atoms with Crippen molar-refractivity contribution in [1.82, 2.24) is 10.3 Å². The van der Waals surface area contributed by atoms with Gasteiger partial charge in [0.15, 0.2) is 0 Å². The maximum absolute atomic E-state index is 12.1. The number of amides is 1. The Morgan fingerprint density at radius 2 is 2.00 bits per heavy atom. The van der Waals surface area contributed by atoms with Gasteiger partial charge in [0.2, 0.25) is 5.91 Å². The molecule has 0 atom stereocenters. The van der Waals surface area contributed by atoms with E-state index in [0.717, 1.165) is 37.8 Å². The van der Waals surface area contributed by atoms with Crippen LogP contribution >= 0.6 is 0 Å². The molecule has 1 aliphatic rings. The molecular formula is C16H22N2O3. The molecule has 5 nitrogen and oxygen atoms in total. The molecular weight excluding hydrogens is 268 g/mol. The zero-order valence-corrected chi connectivity index (χ0v) is 12.2. The van der Waals surface area contributed by atoms with Crippen LogP contribution in [0.2, 0.25) is 0 Å². The second-order valence-corrected chi connectivity index (χ2v) is 5.78. The molecule has 2 N–H and O–H groups in total. The lowest BCUT2D eigenvalue weighted by atomic mass is 9.79. The Morgan fingerprint density at radius 1 is 1.24 bits per heavy atom. The van der Waals surface area contributed by atoms with Crippen LogP contribution in [0.15, 0.2) is 24.4 Å². The third-order valence-electron chi connectivity index (χ3n) is 4.04. The fourth-order valence-corrected chi connectivity index (χ4v) is 3.01. The molecule has 0 aromatic carbocycles. The third kappa shape index (κ3) is 4.85. The van der Waals surface area contributed by atoms with Gasteiger partial charge >= 0.3 is 5.97 Å². The van der Waals surface area contributed by atoms with E-state index in [0.29, 0.717) is 12.8 Å². The standard InChI is InChI=1S/C16H22N2O3/c19-14(8-7-13-6-2-5-11-17-13)18-16(12-15(20)21)9-3-1-4-10-16/h2,5-6,11H,1,3-4,7-10,12H2,(H,18,19)(H,20,21). The van der Waals surface area contributed by atoms with Gasteiger partial charge in [0, 0.05) is 18.3 Å². The van der Waals surface area contributed by atoms with Gasteiger partial charge in [0.25, 0.3) is 0 Å². The fourth-order valence-electron chi connectivity index (χ4n) is 3.01. The minimum atomic E-state index is -0.845. The lowest BCUT2D eigenvalue weighted by Crippen LogP contribution is -2.51. The quantitative estimate of drug-likeness (QED) is 0.842. The van der Waals surface area contributed by atoms with Crippen LogP contribution in [0, 0.1) is 0 Å². The molecule has 114 valence electrons. The Kier molecular flexibility index (Phi) is 5.31. The lowest BCUT2D eigenvalue weighted by Gasteiger charge is -2.37. The second kappa shape index (κ2) is 7.20. The Bertz CT molecular complexity index is 482. The first-order valence-corrected chi connectivity index (χ1v) is 7.52. The number of hydrogen-bond donors (Lipinski definition) is 2. The number of aromatic nitrogens is 1. The average molecular weight is 290 g/mol. The number of aliphatic carboxylic acids is 1. The average Bonchev–Trinajstić information content (AvgIpc) is 2.46. The Balaban J connectivity index is 1.90. The van der Waals surface area contributed by atoms with E-state index in [2.05, 4.69) is 10.3 Å². The second-order valence-electron chi connectivity index (χ2n) is 5.78. The van der Waals surface area contributed by atoms with E-state index >= 15 is 0 Å². The van der Waals surface area contributed by atoms with Crippen LogP contribution in [0.25, 0.3) is 0 Å². The van der Waals surface area contributed by atoms with E-state index < -0.39 is 11.5 Å². The van der Waals surface area contributed by atoms with Gasteiger partial charge in [-0.25, -0.2) is 0 Å². The molecule has 0 spiro atoms. The summed E-state index contributed by atoms with van der Waals surface area (Å²) in [5, 5.41) is 12.1. The van der Waals surface area contributed by atoms with Gasteiger partial charge in [0.05, 0.1) is 12.0 Å². The van der Waals surface area contributed by atoms with E-state index in [1.165, 1.54) is 0 Å². The van der Waals surface area contributed by atoms with Crippen molar-refractivity contribution in [2.45, 2.75) is 56.9 Å². The van der Waals surface area contributed by atoms with Gasteiger partial charge < -0.3 is 10.4 Å². The van der Waals surface area contributed by atoms with Crippen LogP contribution in [0.1, 0.15) is 50.6 Å². The molecule has 1 aromatic heterocycles. The first-order valence-electron chi connectivity index (χ1n) is 7.52. The summed E-state index contributed by atoms with van der Waals surface area (Å²) in [5.74, 6) is -0.925. The zero-order valence-electron chi connectivity index (χ0n) is 12.2. The molecule has 2 rings (SSSR count). The molecule has 0 aliphatic heterocycles. The predicted molar refractivity (Wildman–Crippen MR) is 78.8 cm³/mol. The number of hydrogen-bond acceptors (Lipinski definition) is 3. The highest BCUT2D eigenvalue weighted by Crippen LogP contribution is 2.31. The molecule has 0 saturated heterocycles.